The lowest BCUT2D eigenvalue weighted by Gasteiger charge is -2.19. The van der Waals surface area contributed by atoms with Crippen LogP contribution in [0.25, 0.3) is 0 Å². The fourth-order valence-corrected chi connectivity index (χ4v) is 1.83. The first-order valence-corrected chi connectivity index (χ1v) is 6.72. The Morgan fingerprint density at radius 2 is 1.83 bits per heavy atom. The average molecular weight is 250 g/mol. The summed E-state index contributed by atoms with van der Waals surface area (Å²) in [5.41, 5.74) is 1.24. The molecular weight excluding hydrogens is 224 g/mol. The van der Waals surface area contributed by atoms with Crippen molar-refractivity contribution in [2.24, 2.45) is 0 Å². The summed E-state index contributed by atoms with van der Waals surface area (Å²) in [5.74, 6) is 0.910. The number of unbranched alkanes of at least 4 members (excludes halogenated alkanes) is 1. The lowest BCUT2D eigenvalue weighted by molar-refractivity contribution is 0.415. The van der Waals surface area contributed by atoms with E-state index < -0.39 is 0 Å². The quantitative estimate of drug-likeness (QED) is 0.718. The van der Waals surface area contributed by atoms with Gasteiger partial charge in [0.15, 0.2) is 0 Å². The van der Waals surface area contributed by atoms with Gasteiger partial charge in [0.1, 0.15) is 5.75 Å². The molecule has 0 unspecified atom stereocenters. The third-order valence-corrected chi connectivity index (χ3v) is 2.99. The van der Waals surface area contributed by atoms with Crippen LogP contribution in [0.1, 0.15) is 26.7 Å². The molecule has 0 fully saturated rings. The van der Waals surface area contributed by atoms with E-state index in [0.717, 1.165) is 18.8 Å². The minimum absolute atomic E-state index is 0.587. The van der Waals surface area contributed by atoms with E-state index in [-0.39, 0.29) is 0 Å². The van der Waals surface area contributed by atoms with Crippen LogP contribution in [-0.2, 0) is 0 Å². The minimum Gasteiger partial charge on any atom is -0.497 e. The first kappa shape index (κ1) is 14.8. The van der Waals surface area contributed by atoms with Gasteiger partial charge in [-0.3, -0.25) is 0 Å². The van der Waals surface area contributed by atoms with Gasteiger partial charge in [0, 0.05) is 25.3 Å². The van der Waals surface area contributed by atoms with Crippen molar-refractivity contribution in [3.05, 3.63) is 24.3 Å². The third-order valence-electron chi connectivity index (χ3n) is 2.99. The van der Waals surface area contributed by atoms with Crippen molar-refractivity contribution in [2.45, 2.75) is 32.7 Å². The van der Waals surface area contributed by atoms with E-state index >= 15 is 0 Å². The maximum absolute atomic E-state index is 5.16. The summed E-state index contributed by atoms with van der Waals surface area (Å²) in [6.45, 7) is 6.56. The molecule has 0 saturated carbocycles. The first-order valence-electron chi connectivity index (χ1n) is 6.72. The van der Waals surface area contributed by atoms with Gasteiger partial charge >= 0.3 is 0 Å². The normalized spacial score (nSPS) is 10.7. The van der Waals surface area contributed by atoms with Gasteiger partial charge in [0.25, 0.3) is 0 Å². The summed E-state index contributed by atoms with van der Waals surface area (Å²) in [7, 11) is 3.83. The van der Waals surface area contributed by atoms with E-state index in [4.69, 9.17) is 4.74 Å². The molecule has 3 heteroatoms. The monoisotopic (exact) mass is 250 g/mol. The van der Waals surface area contributed by atoms with Crippen LogP contribution < -0.4 is 15.0 Å². The van der Waals surface area contributed by atoms with E-state index in [0.29, 0.717) is 6.04 Å². The molecule has 1 rings (SSSR count). The molecule has 0 radical (unpaired) electrons. The van der Waals surface area contributed by atoms with Gasteiger partial charge in [0.05, 0.1) is 7.11 Å². The van der Waals surface area contributed by atoms with Crippen LogP contribution in [0, 0.1) is 0 Å². The molecular formula is C15H26N2O. The predicted molar refractivity (Wildman–Crippen MR) is 78.6 cm³/mol. The Bertz CT molecular complexity index is 322. The number of nitrogens with one attached hydrogen (secondary N) is 1. The van der Waals surface area contributed by atoms with Crippen molar-refractivity contribution in [3.8, 4) is 5.75 Å². The fourth-order valence-electron chi connectivity index (χ4n) is 1.83. The summed E-state index contributed by atoms with van der Waals surface area (Å²) in [6, 6.07) is 8.80. The summed E-state index contributed by atoms with van der Waals surface area (Å²) in [6.07, 6.45) is 2.43. The SMILES string of the molecule is COc1ccc(N(C)CCCCNC(C)C)cc1. The van der Waals surface area contributed by atoms with Crippen LogP contribution in [0.15, 0.2) is 24.3 Å². The lowest BCUT2D eigenvalue weighted by atomic mass is 10.2. The Kier molecular flexibility index (Phi) is 6.58. The van der Waals surface area contributed by atoms with Crippen molar-refractivity contribution >= 4 is 5.69 Å². The smallest absolute Gasteiger partial charge is 0.119 e. The standard InChI is InChI=1S/C15H26N2O/c1-13(2)16-11-5-6-12-17(3)14-7-9-15(18-4)10-8-14/h7-10,13,16H,5-6,11-12H2,1-4H3. The highest BCUT2D eigenvalue weighted by Crippen LogP contribution is 2.18. The molecule has 1 aromatic carbocycles. The maximum Gasteiger partial charge on any atom is 0.119 e. The topological polar surface area (TPSA) is 24.5 Å². The van der Waals surface area contributed by atoms with E-state index in [1.54, 1.807) is 7.11 Å². The zero-order valence-corrected chi connectivity index (χ0v) is 12.1. The largest absolute Gasteiger partial charge is 0.497 e. The molecule has 0 aromatic heterocycles. The highest BCUT2D eigenvalue weighted by atomic mass is 16.5. The summed E-state index contributed by atoms with van der Waals surface area (Å²) in [4.78, 5) is 2.29. The number of anilines is 1. The molecule has 0 spiro atoms. The fraction of sp³-hybridized carbons (Fsp3) is 0.600. The van der Waals surface area contributed by atoms with Crippen molar-refractivity contribution in [1.29, 1.82) is 0 Å². The summed E-state index contributed by atoms with van der Waals surface area (Å²) in [5, 5.41) is 3.44. The molecule has 0 heterocycles. The number of rotatable bonds is 8. The Hall–Kier alpha value is -1.22. The van der Waals surface area contributed by atoms with Crippen LogP contribution in [0.3, 0.4) is 0 Å². The van der Waals surface area contributed by atoms with Crippen LogP contribution in [0.4, 0.5) is 5.69 Å². The number of nitrogens with zero attached hydrogens (tertiary/aromatic N) is 1. The van der Waals surface area contributed by atoms with Gasteiger partial charge < -0.3 is 15.0 Å². The summed E-state index contributed by atoms with van der Waals surface area (Å²) < 4.78 is 5.16. The molecule has 0 aliphatic carbocycles. The van der Waals surface area contributed by atoms with Gasteiger partial charge in [-0.25, -0.2) is 0 Å². The van der Waals surface area contributed by atoms with Crippen LogP contribution >= 0.6 is 0 Å². The molecule has 102 valence electrons. The second kappa shape index (κ2) is 7.98. The molecule has 0 amide bonds. The number of hydrogen-bond acceptors (Lipinski definition) is 3. The van der Waals surface area contributed by atoms with Gasteiger partial charge in [0.2, 0.25) is 0 Å². The van der Waals surface area contributed by atoms with Crippen molar-refractivity contribution in [1.82, 2.24) is 5.32 Å². The Labute approximate surface area is 111 Å². The van der Waals surface area contributed by atoms with Crippen LogP contribution in [0.5, 0.6) is 5.75 Å². The van der Waals surface area contributed by atoms with Crippen molar-refractivity contribution < 1.29 is 4.74 Å². The van der Waals surface area contributed by atoms with Gasteiger partial charge in [-0.2, -0.15) is 0 Å². The zero-order valence-electron chi connectivity index (χ0n) is 12.1. The second-order valence-corrected chi connectivity index (χ2v) is 4.94. The third kappa shape index (κ3) is 5.41. The van der Waals surface area contributed by atoms with Crippen molar-refractivity contribution in [3.63, 3.8) is 0 Å². The molecule has 1 N–H and O–H groups in total. The van der Waals surface area contributed by atoms with Gasteiger partial charge in [-0.05, 0) is 43.7 Å². The van der Waals surface area contributed by atoms with Crippen molar-refractivity contribution in [2.75, 3.05) is 32.1 Å². The molecule has 18 heavy (non-hydrogen) atoms. The number of methoxy groups -OCH3 is 1. The second-order valence-electron chi connectivity index (χ2n) is 4.94. The lowest BCUT2D eigenvalue weighted by Crippen LogP contribution is -2.25. The minimum atomic E-state index is 0.587. The Morgan fingerprint density at radius 1 is 1.17 bits per heavy atom. The van der Waals surface area contributed by atoms with E-state index in [1.807, 2.05) is 12.1 Å². The summed E-state index contributed by atoms with van der Waals surface area (Å²) >= 11 is 0. The van der Waals surface area contributed by atoms with Gasteiger partial charge in [-0.15, -0.1) is 0 Å². The molecule has 1 aromatic rings. The molecule has 0 bridgehead atoms. The molecule has 0 aliphatic rings. The number of hydrogen-bond donors (Lipinski definition) is 1. The Balaban J connectivity index is 2.25. The highest BCUT2D eigenvalue weighted by Gasteiger charge is 2.01. The maximum atomic E-state index is 5.16. The molecule has 3 nitrogen and oxygen atoms in total. The zero-order chi connectivity index (χ0) is 13.4. The molecule has 0 saturated heterocycles. The average Bonchev–Trinajstić information content (AvgIpc) is 2.38. The van der Waals surface area contributed by atoms with Gasteiger partial charge in [-0.1, -0.05) is 13.8 Å². The van der Waals surface area contributed by atoms with E-state index in [2.05, 4.69) is 43.2 Å². The number of ether oxygens (including phenoxy) is 1. The predicted octanol–water partition coefficient (Wildman–Crippen LogP) is 2.91. The van der Waals surface area contributed by atoms with Crippen LogP contribution in [-0.4, -0.2) is 33.3 Å². The molecule has 0 aliphatic heterocycles. The molecule has 0 atom stereocenters. The Morgan fingerprint density at radius 3 is 2.39 bits per heavy atom. The number of benzene rings is 1. The van der Waals surface area contributed by atoms with E-state index in [9.17, 15) is 0 Å². The highest BCUT2D eigenvalue weighted by molar-refractivity contribution is 5.48. The van der Waals surface area contributed by atoms with Crippen LogP contribution in [0.2, 0.25) is 0 Å². The first-order chi connectivity index (χ1) is 8.63. The van der Waals surface area contributed by atoms with E-state index in [1.165, 1.54) is 18.5 Å².